The summed E-state index contributed by atoms with van der Waals surface area (Å²) in [5.74, 6) is -0.683. The van der Waals surface area contributed by atoms with Crippen LogP contribution in [0.1, 0.15) is 32.1 Å². The molecule has 0 unspecified atom stereocenters. The van der Waals surface area contributed by atoms with Gasteiger partial charge in [-0.15, -0.1) is 0 Å². The minimum Gasteiger partial charge on any atom is -0.481 e. The first-order valence-corrected chi connectivity index (χ1v) is 5.71. The van der Waals surface area contributed by atoms with Gasteiger partial charge in [-0.3, -0.25) is 4.79 Å². The zero-order chi connectivity index (χ0) is 11.5. The molecule has 90 valence electrons. The number of hydrogen-bond donors (Lipinski definition) is 2. The van der Waals surface area contributed by atoms with E-state index in [0.29, 0.717) is 6.42 Å². The second-order valence-electron chi connectivity index (χ2n) is 3.96. The summed E-state index contributed by atoms with van der Waals surface area (Å²) in [5, 5.41) is 11.6. The van der Waals surface area contributed by atoms with Gasteiger partial charge >= 0.3 is 5.97 Å². The Balaban J connectivity index is 3.16. The molecule has 0 rings (SSSR count). The number of carbonyl (C=O) groups is 1. The number of nitrogens with zero attached hydrogens (tertiary/aromatic N) is 1. The molecule has 4 heteroatoms. The van der Waals surface area contributed by atoms with Gasteiger partial charge in [-0.1, -0.05) is 6.42 Å². The average molecular weight is 216 g/mol. The van der Waals surface area contributed by atoms with E-state index in [-0.39, 0.29) is 0 Å². The molecular weight excluding hydrogens is 192 g/mol. The normalized spacial score (nSPS) is 10.9. The molecule has 0 spiro atoms. The monoisotopic (exact) mass is 216 g/mol. The van der Waals surface area contributed by atoms with Crippen LogP contribution in [0.15, 0.2) is 0 Å². The van der Waals surface area contributed by atoms with E-state index in [1.807, 2.05) is 7.05 Å². The van der Waals surface area contributed by atoms with Crippen molar-refractivity contribution in [3.8, 4) is 0 Å². The van der Waals surface area contributed by atoms with E-state index in [0.717, 1.165) is 38.9 Å². The first-order chi connectivity index (χ1) is 7.16. The second-order valence-corrected chi connectivity index (χ2v) is 3.96. The molecule has 2 N–H and O–H groups in total. The van der Waals surface area contributed by atoms with Crippen molar-refractivity contribution < 1.29 is 9.90 Å². The van der Waals surface area contributed by atoms with E-state index < -0.39 is 5.97 Å². The minimum absolute atomic E-state index is 0.309. The lowest BCUT2D eigenvalue weighted by Gasteiger charge is -2.15. The Morgan fingerprint density at radius 1 is 1.20 bits per heavy atom. The first-order valence-electron chi connectivity index (χ1n) is 5.71. The fourth-order valence-electron chi connectivity index (χ4n) is 1.47. The van der Waals surface area contributed by atoms with Crippen LogP contribution in [-0.2, 0) is 4.79 Å². The van der Waals surface area contributed by atoms with Crippen LogP contribution in [0, 0.1) is 0 Å². The van der Waals surface area contributed by atoms with Gasteiger partial charge < -0.3 is 15.3 Å². The smallest absolute Gasteiger partial charge is 0.303 e. The Hall–Kier alpha value is -0.610. The zero-order valence-corrected chi connectivity index (χ0v) is 9.96. The summed E-state index contributed by atoms with van der Waals surface area (Å²) < 4.78 is 0. The standard InChI is InChI=1S/C11H24N2O2/c1-12-8-6-10-13(2)9-5-3-4-7-11(14)15/h12H,3-10H2,1-2H3,(H,14,15). The lowest BCUT2D eigenvalue weighted by molar-refractivity contribution is -0.137. The average Bonchev–Trinajstić information content (AvgIpc) is 2.17. The molecule has 0 aliphatic carbocycles. The van der Waals surface area contributed by atoms with Crippen LogP contribution >= 0.6 is 0 Å². The molecular formula is C11H24N2O2. The van der Waals surface area contributed by atoms with Crippen molar-refractivity contribution in [3.63, 3.8) is 0 Å². The van der Waals surface area contributed by atoms with Crippen molar-refractivity contribution in [2.45, 2.75) is 32.1 Å². The number of rotatable bonds is 10. The summed E-state index contributed by atoms with van der Waals surface area (Å²) in [4.78, 5) is 12.6. The van der Waals surface area contributed by atoms with Gasteiger partial charge in [0.1, 0.15) is 0 Å². The van der Waals surface area contributed by atoms with Crippen molar-refractivity contribution in [1.82, 2.24) is 10.2 Å². The molecule has 0 aromatic heterocycles. The Morgan fingerprint density at radius 2 is 1.87 bits per heavy atom. The number of carboxylic acid groups (broad SMARTS) is 1. The molecule has 0 atom stereocenters. The predicted octanol–water partition coefficient (Wildman–Crippen LogP) is 1.17. The van der Waals surface area contributed by atoms with Crippen molar-refractivity contribution in [1.29, 1.82) is 0 Å². The molecule has 4 nitrogen and oxygen atoms in total. The highest BCUT2D eigenvalue weighted by Gasteiger charge is 1.99. The van der Waals surface area contributed by atoms with E-state index in [2.05, 4.69) is 17.3 Å². The van der Waals surface area contributed by atoms with E-state index in [9.17, 15) is 4.79 Å². The summed E-state index contributed by atoms with van der Waals surface area (Å²) in [5.41, 5.74) is 0. The summed E-state index contributed by atoms with van der Waals surface area (Å²) in [7, 11) is 4.08. The topological polar surface area (TPSA) is 52.6 Å². The van der Waals surface area contributed by atoms with E-state index in [1.165, 1.54) is 6.42 Å². The second kappa shape index (κ2) is 9.93. The number of hydrogen-bond acceptors (Lipinski definition) is 3. The molecule has 15 heavy (non-hydrogen) atoms. The molecule has 0 heterocycles. The van der Waals surface area contributed by atoms with Gasteiger partial charge in [-0.05, 0) is 53.0 Å². The van der Waals surface area contributed by atoms with E-state index in [4.69, 9.17) is 5.11 Å². The maximum atomic E-state index is 10.3. The Labute approximate surface area is 92.7 Å². The lowest BCUT2D eigenvalue weighted by Crippen LogP contribution is -2.23. The molecule has 0 aromatic rings. The lowest BCUT2D eigenvalue weighted by atomic mass is 10.2. The molecule has 0 aliphatic rings. The summed E-state index contributed by atoms with van der Waals surface area (Å²) >= 11 is 0. The van der Waals surface area contributed by atoms with Crippen LogP contribution in [0.5, 0.6) is 0 Å². The van der Waals surface area contributed by atoms with Gasteiger partial charge in [0.2, 0.25) is 0 Å². The van der Waals surface area contributed by atoms with Gasteiger partial charge in [0.05, 0.1) is 0 Å². The van der Waals surface area contributed by atoms with E-state index >= 15 is 0 Å². The van der Waals surface area contributed by atoms with Crippen LogP contribution in [0.2, 0.25) is 0 Å². The van der Waals surface area contributed by atoms with Crippen LogP contribution in [0.3, 0.4) is 0 Å². The third kappa shape index (κ3) is 11.3. The Morgan fingerprint density at radius 3 is 2.47 bits per heavy atom. The van der Waals surface area contributed by atoms with Crippen LogP contribution in [0.25, 0.3) is 0 Å². The van der Waals surface area contributed by atoms with Crippen LogP contribution < -0.4 is 5.32 Å². The third-order valence-electron chi connectivity index (χ3n) is 2.40. The van der Waals surface area contributed by atoms with Crippen molar-refractivity contribution in [3.05, 3.63) is 0 Å². The van der Waals surface area contributed by atoms with Crippen molar-refractivity contribution in [2.75, 3.05) is 33.7 Å². The molecule has 0 aliphatic heterocycles. The number of nitrogens with one attached hydrogen (secondary N) is 1. The largest absolute Gasteiger partial charge is 0.481 e. The van der Waals surface area contributed by atoms with Crippen molar-refractivity contribution >= 4 is 5.97 Å². The van der Waals surface area contributed by atoms with Crippen LogP contribution in [-0.4, -0.2) is 49.7 Å². The first kappa shape index (κ1) is 14.4. The summed E-state index contributed by atoms with van der Waals surface area (Å²) in [6, 6.07) is 0. The number of carboxylic acids is 1. The quantitative estimate of drug-likeness (QED) is 0.538. The van der Waals surface area contributed by atoms with Crippen molar-refractivity contribution in [2.24, 2.45) is 0 Å². The zero-order valence-electron chi connectivity index (χ0n) is 9.96. The molecule has 0 saturated carbocycles. The molecule has 0 amide bonds. The SMILES string of the molecule is CNCCCN(C)CCCCCC(=O)O. The highest BCUT2D eigenvalue weighted by atomic mass is 16.4. The Kier molecular flexibility index (Phi) is 9.52. The van der Waals surface area contributed by atoms with E-state index in [1.54, 1.807) is 0 Å². The Bertz CT molecular complexity index is 163. The molecule has 0 saturated heterocycles. The fraction of sp³-hybridized carbons (Fsp3) is 0.909. The minimum atomic E-state index is -0.683. The maximum Gasteiger partial charge on any atom is 0.303 e. The number of unbranched alkanes of at least 4 members (excludes halogenated alkanes) is 2. The molecule has 0 bridgehead atoms. The highest BCUT2D eigenvalue weighted by molar-refractivity contribution is 5.66. The van der Waals surface area contributed by atoms with Gasteiger partial charge in [-0.2, -0.15) is 0 Å². The molecule has 0 fully saturated rings. The summed E-state index contributed by atoms with van der Waals surface area (Å²) in [6.07, 6.45) is 4.40. The maximum absolute atomic E-state index is 10.3. The van der Waals surface area contributed by atoms with Gasteiger partial charge in [0.15, 0.2) is 0 Å². The fourth-order valence-corrected chi connectivity index (χ4v) is 1.47. The molecule has 0 aromatic carbocycles. The summed E-state index contributed by atoms with van der Waals surface area (Å²) in [6.45, 7) is 3.24. The predicted molar refractivity (Wildman–Crippen MR) is 62.1 cm³/mol. The third-order valence-corrected chi connectivity index (χ3v) is 2.40. The van der Waals surface area contributed by atoms with Gasteiger partial charge in [0.25, 0.3) is 0 Å². The van der Waals surface area contributed by atoms with Gasteiger partial charge in [0, 0.05) is 6.42 Å². The number of aliphatic carboxylic acids is 1. The van der Waals surface area contributed by atoms with Crippen LogP contribution in [0.4, 0.5) is 0 Å². The highest BCUT2D eigenvalue weighted by Crippen LogP contribution is 2.01. The van der Waals surface area contributed by atoms with Gasteiger partial charge in [-0.25, -0.2) is 0 Å². The molecule has 0 radical (unpaired) electrons.